The van der Waals surface area contributed by atoms with Crippen molar-refractivity contribution in [1.82, 2.24) is 10.1 Å². The molecule has 2 unspecified atom stereocenters. The lowest BCUT2D eigenvalue weighted by Crippen LogP contribution is -2.17. The fourth-order valence-electron chi connectivity index (χ4n) is 6.28. The third-order valence-corrected chi connectivity index (χ3v) is 10.0. The Hall–Kier alpha value is -3.59. The van der Waals surface area contributed by atoms with Gasteiger partial charge in [-0.2, -0.15) is 0 Å². The van der Waals surface area contributed by atoms with Gasteiger partial charge in [0.05, 0.1) is 43.5 Å². The fraction of sp³-hybridized carbons (Fsp3) is 0.258. The summed E-state index contributed by atoms with van der Waals surface area (Å²) >= 11 is 14.6. The van der Waals surface area contributed by atoms with Gasteiger partial charge in [-0.1, -0.05) is 51.8 Å². The van der Waals surface area contributed by atoms with Crippen molar-refractivity contribution in [3.05, 3.63) is 92.7 Å². The van der Waals surface area contributed by atoms with Crippen molar-refractivity contribution in [1.29, 1.82) is 0 Å². The van der Waals surface area contributed by atoms with Crippen LogP contribution in [0.3, 0.4) is 0 Å². The molecule has 1 saturated heterocycles. The van der Waals surface area contributed by atoms with E-state index in [0.717, 1.165) is 58.1 Å². The number of carboxylic acids is 1. The van der Waals surface area contributed by atoms with Crippen molar-refractivity contribution in [2.75, 3.05) is 4.90 Å². The highest BCUT2D eigenvalue weighted by atomic mass is 35.5. The summed E-state index contributed by atoms with van der Waals surface area (Å²) in [6.45, 7) is 0.298. The van der Waals surface area contributed by atoms with Gasteiger partial charge in [0.2, 0.25) is 0 Å². The number of hydrogen-bond donors (Lipinski definition) is 1. The third-order valence-electron chi connectivity index (χ3n) is 8.36. The van der Waals surface area contributed by atoms with Gasteiger partial charge in [0.15, 0.2) is 5.13 Å². The molecule has 206 valence electrons. The summed E-state index contributed by atoms with van der Waals surface area (Å²) < 4.78 is 13.1. The molecule has 0 amide bonds. The van der Waals surface area contributed by atoms with E-state index in [1.165, 1.54) is 11.1 Å². The highest BCUT2D eigenvalue weighted by molar-refractivity contribution is 7.22. The second-order valence-corrected chi connectivity index (χ2v) is 12.6. The molecule has 2 fully saturated rings. The Balaban J connectivity index is 1.08. The van der Waals surface area contributed by atoms with Gasteiger partial charge < -0.3 is 19.3 Å². The van der Waals surface area contributed by atoms with Crippen molar-refractivity contribution in [3.63, 3.8) is 0 Å². The van der Waals surface area contributed by atoms with E-state index < -0.39 is 5.97 Å². The molecule has 0 radical (unpaired) electrons. The monoisotopic (exact) mass is 603 g/mol. The Morgan fingerprint density at radius 3 is 2.56 bits per heavy atom. The van der Waals surface area contributed by atoms with E-state index in [9.17, 15) is 9.90 Å². The van der Waals surface area contributed by atoms with Crippen molar-refractivity contribution in [2.24, 2.45) is 0 Å². The van der Waals surface area contributed by atoms with Crippen LogP contribution in [0.5, 0.6) is 5.75 Å². The molecule has 3 aliphatic rings. The second kappa shape index (κ2) is 9.48. The van der Waals surface area contributed by atoms with Crippen LogP contribution < -0.4 is 9.64 Å². The molecular formula is C31H23Cl2N3O4S. The van der Waals surface area contributed by atoms with Gasteiger partial charge in [0.1, 0.15) is 23.8 Å². The highest BCUT2D eigenvalue weighted by Gasteiger charge is 2.45. The summed E-state index contributed by atoms with van der Waals surface area (Å²) in [6.07, 6.45) is 4.23. The number of benzene rings is 3. The van der Waals surface area contributed by atoms with E-state index in [2.05, 4.69) is 22.2 Å². The van der Waals surface area contributed by atoms with Crippen LogP contribution in [-0.2, 0) is 6.61 Å². The number of halogens is 2. The number of ether oxygens (including phenoxy) is 1. The van der Waals surface area contributed by atoms with E-state index in [0.29, 0.717) is 33.8 Å². The molecule has 1 saturated carbocycles. The zero-order valence-corrected chi connectivity index (χ0v) is 24.0. The largest absolute Gasteiger partial charge is 0.489 e. The molecule has 3 aromatic carbocycles. The van der Waals surface area contributed by atoms with Crippen LogP contribution in [0.1, 0.15) is 76.5 Å². The topological polar surface area (TPSA) is 88.7 Å². The number of nitrogens with zero attached hydrogens (tertiary/aromatic N) is 3. The minimum absolute atomic E-state index is 0.202. The maximum Gasteiger partial charge on any atom is 0.335 e. The van der Waals surface area contributed by atoms with Crippen molar-refractivity contribution >= 4 is 55.9 Å². The molecule has 5 aromatic rings. The number of aromatic nitrogens is 2. The Bertz CT molecular complexity index is 1840. The first-order valence-electron chi connectivity index (χ1n) is 13.6. The first-order chi connectivity index (χ1) is 20.0. The number of fused-ring (bicyclic) bond motifs is 6. The molecule has 2 atom stereocenters. The van der Waals surface area contributed by atoms with Gasteiger partial charge in [-0.15, -0.1) is 0 Å². The Kier molecular flexibility index (Phi) is 5.81. The molecule has 1 N–H and O–H groups in total. The lowest BCUT2D eigenvalue weighted by molar-refractivity contribution is 0.0697. The van der Waals surface area contributed by atoms with Crippen LogP contribution in [-0.4, -0.2) is 21.2 Å². The van der Waals surface area contributed by atoms with E-state index in [-0.39, 0.29) is 17.6 Å². The zero-order chi connectivity index (χ0) is 27.8. The lowest BCUT2D eigenvalue weighted by Gasteiger charge is -2.21. The van der Waals surface area contributed by atoms with Crippen LogP contribution in [0.25, 0.3) is 21.5 Å². The molecule has 4 heterocycles. The van der Waals surface area contributed by atoms with Crippen molar-refractivity contribution in [3.8, 4) is 17.0 Å². The molecule has 1 aliphatic carbocycles. The van der Waals surface area contributed by atoms with E-state index >= 15 is 0 Å². The minimum Gasteiger partial charge on any atom is -0.489 e. The van der Waals surface area contributed by atoms with Crippen molar-refractivity contribution in [2.45, 2.75) is 50.3 Å². The maximum absolute atomic E-state index is 11.4. The quantitative estimate of drug-likeness (QED) is 0.199. The summed E-state index contributed by atoms with van der Waals surface area (Å²) in [5.41, 5.74) is 5.84. The van der Waals surface area contributed by atoms with Gasteiger partial charge >= 0.3 is 5.97 Å². The second-order valence-electron chi connectivity index (χ2n) is 10.8. The lowest BCUT2D eigenvalue weighted by atomic mass is 9.92. The fourth-order valence-corrected chi connectivity index (χ4v) is 7.96. The smallest absolute Gasteiger partial charge is 0.335 e. The summed E-state index contributed by atoms with van der Waals surface area (Å²) in [4.78, 5) is 18.7. The molecule has 7 nitrogen and oxygen atoms in total. The van der Waals surface area contributed by atoms with Crippen molar-refractivity contribution < 1.29 is 19.2 Å². The highest BCUT2D eigenvalue weighted by Crippen LogP contribution is 2.56. The van der Waals surface area contributed by atoms with Gasteiger partial charge in [0.25, 0.3) is 0 Å². The molecule has 10 heteroatoms. The molecular weight excluding hydrogens is 581 g/mol. The molecule has 2 bridgehead atoms. The number of carbonyl (C=O) groups is 1. The number of anilines is 1. The predicted octanol–water partition coefficient (Wildman–Crippen LogP) is 8.81. The van der Waals surface area contributed by atoms with Gasteiger partial charge in [-0.3, -0.25) is 0 Å². The van der Waals surface area contributed by atoms with Gasteiger partial charge in [-0.25, -0.2) is 9.78 Å². The summed E-state index contributed by atoms with van der Waals surface area (Å²) in [6, 6.07) is 17.3. The molecule has 8 rings (SSSR count). The van der Waals surface area contributed by atoms with E-state index in [1.54, 1.807) is 41.7 Å². The van der Waals surface area contributed by atoms with E-state index in [4.69, 9.17) is 37.4 Å². The third kappa shape index (κ3) is 4.11. The molecule has 41 heavy (non-hydrogen) atoms. The standard InChI is InChI=1S/C31H23Cl2N3O4S/c32-21-2-1-3-22(33)27(21)28-20(29(40-35-28)15-4-5-15)14-39-17-7-8-18-19(13-17)25-11-10-24(18)36(25)31-34-23-9-6-16(30(37)38)12-26(23)41-31/h1-3,6-9,12-13,15,24-25H,4-5,10-11,14H2,(H,37,38). The van der Waals surface area contributed by atoms with Crippen LogP contribution in [0.4, 0.5) is 5.13 Å². The Labute approximate surface area is 249 Å². The predicted molar refractivity (Wildman–Crippen MR) is 158 cm³/mol. The SMILES string of the molecule is O=C(O)c1ccc2nc(N3C4CCC3c3cc(OCc5c(-c6c(Cl)cccc6Cl)noc5C5CC5)ccc34)sc2c1. The molecule has 2 aromatic heterocycles. The Morgan fingerprint density at radius 2 is 1.80 bits per heavy atom. The summed E-state index contributed by atoms with van der Waals surface area (Å²) in [7, 11) is 0. The number of thiazole rings is 1. The normalized spacial score (nSPS) is 19.2. The van der Waals surface area contributed by atoms with Gasteiger partial charge in [0, 0.05) is 11.5 Å². The minimum atomic E-state index is -0.930. The molecule has 2 aliphatic heterocycles. The van der Waals surface area contributed by atoms with Crippen LogP contribution >= 0.6 is 34.5 Å². The number of carboxylic acid groups (broad SMARTS) is 1. The van der Waals surface area contributed by atoms with Crippen LogP contribution in [0.15, 0.2) is 59.1 Å². The first-order valence-corrected chi connectivity index (χ1v) is 15.1. The van der Waals surface area contributed by atoms with Gasteiger partial charge in [-0.05, 0) is 79.3 Å². The Morgan fingerprint density at radius 1 is 1.02 bits per heavy atom. The number of hydrogen-bond acceptors (Lipinski definition) is 7. The molecule has 0 spiro atoms. The average Bonchev–Trinajstić information content (AvgIpc) is 3.29. The maximum atomic E-state index is 11.4. The van der Waals surface area contributed by atoms with E-state index in [1.807, 2.05) is 12.1 Å². The summed E-state index contributed by atoms with van der Waals surface area (Å²) in [5.74, 6) is 1.05. The zero-order valence-electron chi connectivity index (χ0n) is 21.6. The number of aromatic carboxylic acids is 1. The summed E-state index contributed by atoms with van der Waals surface area (Å²) in [5, 5.41) is 15.7. The number of rotatable bonds is 7. The first kappa shape index (κ1) is 25.1. The van der Waals surface area contributed by atoms with Crippen LogP contribution in [0.2, 0.25) is 10.0 Å². The average molecular weight is 605 g/mol. The van der Waals surface area contributed by atoms with Crippen LogP contribution in [0, 0.1) is 0 Å².